The maximum atomic E-state index is 15.7. The molecule has 2 aliphatic rings. The molecule has 150 valence electrons. The third-order valence-corrected chi connectivity index (χ3v) is 6.47. The first kappa shape index (κ1) is 17.7. The maximum absolute atomic E-state index is 15.7. The molecule has 0 amide bonds. The highest BCUT2D eigenvalue weighted by Crippen LogP contribution is 2.38. The van der Waals surface area contributed by atoms with Crippen molar-refractivity contribution in [3.8, 4) is 11.3 Å². The van der Waals surface area contributed by atoms with Crippen LogP contribution in [0.2, 0.25) is 0 Å². The van der Waals surface area contributed by atoms with Crippen LogP contribution in [-0.4, -0.2) is 40.1 Å². The Labute approximate surface area is 171 Å². The summed E-state index contributed by atoms with van der Waals surface area (Å²) in [6.07, 6.45) is 4.10. The van der Waals surface area contributed by atoms with Gasteiger partial charge in [0.1, 0.15) is 29.2 Å². The highest BCUT2D eigenvalue weighted by atomic mass is 19.1. The van der Waals surface area contributed by atoms with Crippen LogP contribution in [0.25, 0.3) is 32.9 Å². The third-order valence-electron chi connectivity index (χ3n) is 6.47. The molecule has 4 aromatic rings. The van der Waals surface area contributed by atoms with E-state index in [-0.39, 0.29) is 17.0 Å². The number of aryl methyl sites for hydroxylation is 1. The Morgan fingerprint density at radius 2 is 2.00 bits per heavy atom. The average molecular weight is 403 g/mol. The van der Waals surface area contributed by atoms with E-state index in [1.54, 1.807) is 25.3 Å². The van der Waals surface area contributed by atoms with Gasteiger partial charge in [0, 0.05) is 30.4 Å². The van der Waals surface area contributed by atoms with Crippen LogP contribution in [0.15, 0.2) is 42.9 Å². The van der Waals surface area contributed by atoms with Crippen LogP contribution in [0, 0.1) is 18.6 Å². The Kier molecular flexibility index (Phi) is 3.77. The molecule has 1 N–H and O–H groups in total. The summed E-state index contributed by atoms with van der Waals surface area (Å²) in [7, 11) is 0. The van der Waals surface area contributed by atoms with Gasteiger partial charge in [-0.3, -0.25) is 4.98 Å². The van der Waals surface area contributed by atoms with Crippen LogP contribution >= 0.6 is 0 Å². The molecule has 0 unspecified atom stereocenters. The van der Waals surface area contributed by atoms with E-state index in [1.165, 1.54) is 12.4 Å². The van der Waals surface area contributed by atoms with Crippen molar-refractivity contribution in [3.05, 3.63) is 60.1 Å². The van der Waals surface area contributed by atoms with Crippen LogP contribution in [-0.2, 0) is 0 Å². The number of halogens is 2. The van der Waals surface area contributed by atoms with Crippen LogP contribution in [0.4, 0.5) is 14.6 Å². The average Bonchev–Trinajstić information content (AvgIpc) is 3.11. The molecule has 6 rings (SSSR count). The molecule has 0 spiro atoms. The summed E-state index contributed by atoms with van der Waals surface area (Å²) in [6, 6.07) is 9.49. The molecule has 0 radical (unpaired) electrons. The second-order valence-electron chi connectivity index (χ2n) is 8.03. The number of hydrogen-bond donors (Lipinski definition) is 1. The Hall–Kier alpha value is -3.19. The van der Waals surface area contributed by atoms with Gasteiger partial charge in [0.15, 0.2) is 5.82 Å². The maximum Gasteiger partial charge on any atom is 0.175 e. The van der Waals surface area contributed by atoms with Crippen LogP contribution in [0.3, 0.4) is 0 Å². The van der Waals surface area contributed by atoms with E-state index in [0.29, 0.717) is 34.0 Å². The molecule has 4 heterocycles. The Morgan fingerprint density at radius 1 is 1.10 bits per heavy atom. The summed E-state index contributed by atoms with van der Waals surface area (Å²) in [5, 5.41) is 5.58. The zero-order chi connectivity index (χ0) is 20.4. The number of pyridine rings is 1. The molecule has 2 aromatic heterocycles. The van der Waals surface area contributed by atoms with Gasteiger partial charge in [-0.05, 0) is 42.3 Å². The lowest BCUT2D eigenvalue weighted by Gasteiger charge is -2.45. The number of benzene rings is 2. The monoisotopic (exact) mass is 403 g/mol. The molecule has 0 aliphatic carbocycles. The van der Waals surface area contributed by atoms with Gasteiger partial charge in [0.25, 0.3) is 0 Å². The van der Waals surface area contributed by atoms with Gasteiger partial charge in [0.2, 0.25) is 0 Å². The van der Waals surface area contributed by atoms with Crippen molar-refractivity contribution in [1.29, 1.82) is 0 Å². The lowest BCUT2D eigenvalue weighted by Crippen LogP contribution is -2.61. The van der Waals surface area contributed by atoms with Gasteiger partial charge in [0.05, 0.1) is 5.39 Å². The third kappa shape index (κ3) is 2.38. The van der Waals surface area contributed by atoms with Gasteiger partial charge in [-0.1, -0.05) is 24.3 Å². The molecule has 2 aromatic carbocycles. The largest absolute Gasteiger partial charge is 0.350 e. The second kappa shape index (κ2) is 6.40. The Bertz CT molecular complexity index is 1320. The highest BCUT2D eigenvalue weighted by molar-refractivity contribution is 6.00. The first-order valence-corrected chi connectivity index (χ1v) is 10.1. The second-order valence-corrected chi connectivity index (χ2v) is 8.03. The van der Waals surface area contributed by atoms with E-state index in [0.717, 1.165) is 30.7 Å². The molecule has 0 bridgehead atoms. The molecule has 7 heteroatoms. The molecule has 2 saturated heterocycles. The molecule has 2 fully saturated rings. The van der Waals surface area contributed by atoms with Gasteiger partial charge in [-0.25, -0.2) is 18.7 Å². The summed E-state index contributed by atoms with van der Waals surface area (Å²) in [5.41, 5.74) is 1.46. The summed E-state index contributed by atoms with van der Waals surface area (Å²) in [4.78, 5) is 15.3. The fourth-order valence-electron chi connectivity index (χ4n) is 4.89. The minimum Gasteiger partial charge on any atom is -0.350 e. The standard InChI is InChI=1S/C23H19F2N5/c1-12-16(24)6-5-13-3-2-4-14(19(12)13)21-20(25)22-15(9-27-21)23(29-11-28-22)30-10-17-18(30)7-8-26-17/h2-6,9,11,17-18,26H,7-8,10H2,1H3/t17-,18-/m1/s1. The summed E-state index contributed by atoms with van der Waals surface area (Å²) in [5.74, 6) is -0.102. The van der Waals surface area contributed by atoms with Crippen molar-refractivity contribution in [2.24, 2.45) is 0 Å². The van der Waals surface area contributed by atoms with E-state index in [1.807, 2.05) is 12.1 Å². The van der Waals surface area contributed by atoms with E-state index in [9.17, 15) is 4.39 Å². The number of rotatable bonds is 2. The van der Waals surface area contributed by atoms with Crippen LogP contribution in [0.1, 0.15) is 12.0 Å². The topological polar surface area (TPSA) is 53.9 Å². The predicted octanol–water partition coefficient (Wildman–Crippen LogP) is 3.98. The van der Waals surface area contributed by atoms with Crippen molar-refractivity contribution in [2.75, 3.05) is 18.0 Å². The quantitative estimate of drug-likeness (QED) is 0.549. The Balaban J connectivity index is 1.54. The summed E-state index contributed by atoms with van der Waals surface area (Å²) >= 11 is 0. The van der Waals surface area contributed by atoms with Gasteiger partial charge >= 0.3 is 0 Å². The highest BCUT2D eigenvalue weighted by Gasteiger charge is 2.43. The van der Waals surface area contributed by atoms with E-state index in [4.69, 9.17) is 0 Å². The Morgan fingerprint density at radius 3 is 2.87 bits per heavy atom. The van der Waals surface area contributed by atoms with Gasteiger partial charge in [-0.15, -0.1) is 0 Å². The SMILES string of the molecule is Cc1c(F)ccc2cccc(-c3ncc4c(N5C[C@H]6NCC[C@H]65)ncnc4c3F)c12. The number of anilines is 1. The van der Waals surface area contributed by atoms with Gasteiger partial charge in [-0.2, -0.15) is 0 Å². The number of hydrogen-bond acceptors (Lipinski definition) is 5. The van der Waals surface area contributed by atoms with Crippen molar-refractivity contribution in [2.45, 2.75) is 25.4 Å². The number of nitrogens with one attached hydrogen (secondary N) is 1. The molecule has 30 heavy (non-hydrogen) atoms. The lowest BCUT2D eigenvalue weighted by atomic mass is 9.96. The van der Waals surface area contributed by atoms with Crippen LogP contribution in [0.5, 0.6) is 0 Å². The number of nitrogens with zero attached hydrogens (tertiary/aromatic N) is 4. The smallest absolute Gasteiger partial charge is 0.175 e. The molecular weight excluding hydrogens is 384 g/mol. The molecule has 2 aliphatic heterocycles. The van der Waals surface area contributed by atoms with E-state index in [2.05, 4.69) is 25.2 Å². The van der Waals surface area contributed by atoms with Crippen LogP contribution < -0.4 is 10.2 Å². The van der Waals surface area contributed by atoms with E-state index < -0.39 is 5.82 Å². The van der Waals surface area contributed by atoms with Crippen molar-refractivity contribution in [3.63, 3.8) is 0 Å². The zero-order valence-electron chi connectivity index (χ0n) is 16.4. The van der Waals surface area contributed by atoms with E-state index >= 15 is 4.39 Å². The summed E-state index contributed by atoms with van der Waals surface area (Å²) in [6.45, 7) is 3.54. The molecule has 0 saturated carbocycles. The predicted molar refractivity (Wildman–Crippen MR) is 112 cm³/mol. The molecular formula is C23H19F2N5. The number of aromatic nitrogens is 3. The summed E-state index contributed by atoms with van der Waals surface area (Å²) < 4.78 is 29.9. The van der Waals surface area contributed by atoms with Crippen molar-refractivity contribution in [1.82, 2.24) is 20.3 Å². The van der Waals surface area contributed by atoms with Gasteiger partial charge < -0.3 is 10.2 Å². The van der Waals surface area contributed by atoms with Crippen molar-refractivity contribution >= 4 is 27.5 Å². The minimum absolute atomic E-state index is 0.176. The fraction of sp³-hybridized carbons (Fsp3) is 0.261. The normalized spacial score (nSPS) is 20.6. The zero-order valence-corrected chi connectivity index (χ0v) is 16.4. The minimum atomic E-state index is -0.506. The lowest BCUT2D eigenvalue weighted by molar-refractivity contribution is 0.394. The van der Waals surface area contributed by atoms with Crippen molar-refractivity contribution < 1.29 is 8.78 Å². The first-order chi connectivity index (χ1) is 14.6. The number of fused-ring (bicyclic) bond motifs is 3. The fourth-order valence-corrected chi connectivity index (χ4v) is 4.89. The molecule has 5 nitrogen and oxygen atoms in total. The first-order valence-electron chi connectivity index (χ1n) is 10.1. The molecule has 2 atom stereocenters.